The lowest BCUT2D eigenvalue weighted by molar-refractivity contribution is 0.196. The number of oxazole rings is 1. The van der Waals surface area contributed by atoms with E-state index in [2.05, 4.69) is 24.9 Å². The summed E-state index contributed by atoms with van der Waals surface area (Å²) in [5.41, 5.74) is 3.08. The molecule has 1 aromatic heterocycles. The third-order valence-corrected chi connectivity index (χ3v) is 2.63. The first-order valence-electron chi connectivity index (χ1n) is 5.59. The number of aromatic nitrogens is 1. The first-order chi connectivity index (χ1) is 7.72. The zero-order valence-corrected chi connectivity index (χ0v) is 9.99. The molecular formula is C13H17NO2. The predicted octanol–water partition coefficient (Wildman–Crippen LogP) is 3.14. The van der Waals surface area contributed by atoms with Gasteiger partial charge >= 0.3 is 0 Å². The van der Waals surface area contributed by atoms with Gasteiger partial charge in [-0.05, 0) is 17.5 Å². The van der Waals surface area contributed by atoms with Gasteiger partial charge in [0.05, 0.1) is 6.61 Å². The molecular weight excluding hydrogens is 202 g/mol. The van der Waals surface area contributed by atoms with Crippen molar-refractivity contribution in [1.29, 1.82) is 0 Å². The van der Waals surface area contributed by atoms with Gasteiger partial charge in [0.2, 0.25) is 0 Å². The Morgan fingerprint density at radius 1 is 1.38 bits per heavy atom. The number of hydrogen-bond donors (Lipinski definition) is 0. The molecule has 1 heterocycles. The number of ether oxygens (including phenoxy) is 1. The zero-order chi connectivity index (χ0) is 11.5. The highest BCUT2D eigenvalue weighted by molar-refractivity contribution is 5.76. The standard InChI is InChI=1S/C13H17NO2/c1-9(2)10-5-4-6-11-13(10)16-12(14-11)7-8-15-3/h4-6,9H,7-8H2,1-3H3. The molecule has 3 nitrogen and oxygen atoms in total. The van der Waals surface area contributed by atoms with E-state index in [0.29, 0.717) is 12.5 Å². The maximum absolute atomic E-state index is 5.77. The van der Waals surface area contributed by atoms with Gasteiger partial charge in [0.25, 0.3) is 0 Å². The van der Waals surface area contributed by atoms with Crippen LogP contribution >= 0.6 is 0 Å². The van der Waals surface area contributed by atoms with Crippen molar-refractivity contribution >= 4 is 11.1 Å². The molecule has 2 rings (SSSR count). The normalized spacial score (nSPS) is 11.5. The topological polar surface area (TPSA) is 35.3 Å². The van der Waals surface area contributed by atoms with Gasteiger partial charge in [-0.25, -0.2) is 4.98 Å². The minimum atomic E-state index is 0.451. The molecule has 0 radical (unpaired) electrons. The smallest absolute Gasteiger partial charge is 0.197 e. The van der Waals surface area contributed by atoms with Crippen LogP contribution in [-0.4, -0.2) is 18.7 Å². The monoisotopic (exact) mass is 219 g/mol. The number of nitrogens with zero attached hydrogens (tertiary/aromatic N) is 1. The molecule has 0 N–H and O–H groups in total. The van der Waals surface area contributed by atoms with Crippen molar-refractivity contribution in [2.24, 2.45) is 0 Å². The first kappa shape index (κ1) is 11.1. The van der Waals surface area contributed by atoms with Crippen molar-refractivity contribution in [3.63, 3.8) is 0 Å². The van der Waals surface area contributed by atoms with E-state index in [1.807, 2.05) is 12.1 Å². The summed E-state index contributed by atoms with van der Waals surface area (Å²) in [5.74, 6) is 1.21. The van der Waals surface area contributed by atoms with Gasteiger partial charge in [0.1, 0.15) is 5.52 Å². The number of fused-ring (bicyclic) bond motifs is 1. The van der Waals surface area contributed by atoms with E-state index in [1.54, 1.807) is 7.11 Å². The zero-order valence-electron chi connectivity index (χ0n) is 9.99. The molecule has 0 unspecified atom stereocenters. The molecule has 0 aliphatic carbocycles. The highest BCUT2D eigenvalue weighted by atomic mass is 16.5. The summed E-state index contributed by atoms with van der Waals surface area (Å²) in [6.45, 7) is 4.96. The second-order valence-electron chi connectivity index (χ2n) is 4.20. The highest BCUT2D eigenvalue weighted by Crippen LogP contribution is 2.26. The van der Waals surface area contributed by atoms with Gasteiger partial charge in [0, 0.05) is 13.5 Å². The number of methoxy groups -OCH3 is 1. The van der Waals surface area contributed by atoms with Crippen LogP contribution in [0.15, 0.2) is 22.6 Å². The van der Waals surface area contributed by atoms with E-state index in [-0.39, 0.29) is 0 Å². The average molecular weight is 219 g/mol. The van der Waals surface area contributed by atoms with Gasteiger partial charge < -0.3 is 9.15 Å². The number of rotatable bonds is 4. The maximum Gasteiger partial charge on any atom is 0.197 e. The van der Waals surface area contributed by atoms with Crippen LogP contribution in [0.4, 0.5) is 0 Å². The molecule has 1 aromatic carbocycles. The van der Waals surface area contributed by atoms with Gasteiger partial charge in [-0.3, -0.25) is 0 Å². The van der Waals surface area contributed by atoms with Crippen LogP contribution in [0.25, 0.3) is 11.1 Å². The quantitative estimate of drug-likeness (QED) is 0.792. The Labute approximate surface area is 95.4 Å². The van der Waals surface area contributed by atoms with Crippen molar-refractivity contribution in [3.05, 3.63) is 29.7 Å². The lowest BCUT2D eigenvalue weighted by Gasteiger charge is -2.03. The molecule has 0 aliphatic rings. The molecule has 0 amide bonds. The van der Waals surface area contributed by atoms with Crippen LogP contribution in [0, 0.1) is 0 Å². The van der Waals surface area contributed by atoms with Crippen molar-refractivity contribution in [2.45, 2.75) is 26.2 Å². The van der Waals surface area contributed by atoms with Crippen LogP contribution < -0.4 is 0 Å². The second kappa shape index (κ2) is 4.66. The summed E-state index contributed by atoms with van der Waals surface area (Å²) in [6.07, 6.45) is 0.725. The predicted molar refractivity (Wildman–Crippen MR) is 63.7 cm³/mol. The molecule has 0 saturated heterocycles. The lowest BCUT2D eigenvalue weighted by atomic mass is 10.0. The van der Waals surface area contributed by atoms with Crippen molar-refractivity contribution in [1.82, 2.24) is 4.98 Å². The van der Waals surface area contributed by atoms with E-state index in [9.17, 15) is 0 Å². The Balaban J connectivity index is 2.40. The van der Waals surface area contributed by atoms with Crippen molar-refractivity contribution in [3.8, 4) is 0 Å². The third-order valence-electron chi connectivity index (χ3n) is 2.63. The number of hydrogen-bond acceptors (Lipinski definition) is 3. The van der Waals surface area contributed by atoms with Gasteiger partial charge in [-0.1, -0.05) is 26.0 Å². The third kappa shape index (κ3) is 2.09. The Bertz CT molecular complexity index is 474. The Hall–Kier alpha value is -1.35. The molecule has 0 bridgehead atoms. The van der Waals surface area contributed by atoms with Gasteiger partial charge in [0.15, 0.2) is 11.5 Å². The van der Waals surface area contributed by atoms with E-state index < -0.39 is 0 Å². The summed E-state index contributed by atoms with van der Waals surface area (Å²) in [6, 6.07) is 6.11. The van der Waals surface area contributed by atoms with Crippen LogP contribution in [0.1, 0.15) is 31.2 Å². The second-order valence-corrected chi connectivity index (χ2v) is 4.20. The largest absolute Gasteiger partial charge is 0.440 e. The van der Waals surface area contributed by atoms with Crippen LogP contribution in [0.5, 0.6) is 0 Å². The summed E-state index contributed by atoms with van der Waals surface area (Å²) < 4.78 is 10.8. The van der Waals surface area contributed by atoms with Crippen LogP contribution in [0.2, 0.25) is 0 Å². The van der Waals surface area contributed by atoms with Crippen LogP contribution in [0.3, 0.4) is 0 Å². The van der Waals surface area contributed by atoms with E-state index in [1.165, 1.54) is 5.56 Å². The van der Waals surface area contributed by atoms with Gasteiger partial charge in [-0.15, -0.1) is 0 Å². The molecule has 3 heteroatoms. The average Bonchev–Trinajstić information content (AvgIpc) is 2.68. The molecule has 0 saturated carbocycles. The highest BCUT2D eigenvalue weighted by Gasteiger charge is 2.11. The fourth-order valence-electron chi connectivity index (χ4n) is 1.77. The molecule has 0 fully saturated rings. The van der Waals surface area contributed by atoms with Crippen LogP contribution in [-0.2, 0) is 11.2 Å². The first-order valence-corrected chi connectivity index (χ1v) is 5.59. The minimum absolute atomic E-state index is 0.451. The number of para-hydroxylation sites is 1. The minimum Gasteiger partial charge on any atom is -0.440 e. The van der Waals surface area contributed by atoms with E-state index in [0.717, 1.165) is 23.4 Å². The summed E-state index contributed by atoms with van der Waals surface area (Å²) in [4.78, 5) is 4.45. The molecule has 2 aromatic rings. The Kier molecular flexibility index (Phi) is 3.25. The SMILES string of the molecule is COCCc1nc2cccc(C(C)C)c2o1. The maximum atomic E-state index is 5.77. The van der Waals surface area contributed by atoms with Gasteiger partial charge in [-0.2, -0.15) is 0 Å². The summed E-state index contributed by atoms with van der Waals surface area (Å²) in [7, 11) is 1.68. The lowest BCUT2D eigenvalue weighted by Crippen LogP contribution is -1.93. The molecule has 0 atom stereocenters. The fourth-order valence-corrected chi connectivity index (χ4v) is 1.77. The van der Waals surface area contributed by atoms with E-state index >= 15 is 0 Å². The number of benzene rings is 1. The Morgan fingerprint density at radius 3 is 2.88 bits per heavy atom. The Morgan fingerprint density at radius 2 is 2.19 bits per heavy atom. The molecule has 0 spiro atoms. The molecule has 0 aliphatic heterocycles. The van der Waals surface area contributed by atoms with Crippen molar-refractivity contribution < 1.29 is 9.15 Å². The summed E-state index contributed by atoms with van der Waals surface area (Å²) >= 11 is 0. The molecule has 86 valence electrons. The fraction of sp³-hybridized carbons (Fsp3) is 0.462. The summed E-state index contributed by atoms with van der Waals surface area (Å²) in [5, 5.41) is 0. The van der Waals surface area contributed by atoms with E-state index in [4.69, 9.17) is 9.15 Å². The van der Waals surface area contributed by atoms with Crippen molar-refractivity contribution in [2.75, 3.05) is 13.7 Å². The molecule has 16 heavy (non-hydrogen) atoms.